The van der Waals surface area contributed by atoms with E-state index in [2.05, 4.69) is 10.4 Å². The fourth-order valence-corrected chi connectivity index (χ4v) is 3.59. The van der Waals surface area contributed by atoms with Gasteiger partial charge in [-0.2, -0.15) is 5.10 Å². The Morgan fingerprint density at radius 3 is 2.85 bits per heavy atom. The number of halogens is 1. The summed E-state index contributed by atoms with van der Waals surface area (Å²) in [6.07, 6.45) is 1.01. The summed E-state index contributed by atoms with van der Waals surface area (Å²) in [6, 6.07) is 13.3. The van der Waals surface area contributed by atoms with E-state index in [0.29, 0.717) is 23.0 Å². The lowest BCUT2D eigenvalue weighted by molar-refractivity contribution is 0.0945. The van der Waals surface area contributed by atoms with Gasteiger partial charge >= 0.3 is 0 Å². The fraction of sp³-hybridized carbons (Fsp3) is 0.300. The molecule has 1 atom stereocenters. The van der Waals surface area contributed by atoms with Gasteiger partial charge < -0.3 is 10.1 Å². The number of benzene rings is 2. The quantitative estimate of drug-likeness (QED) is 0.763. The van der Waals surface area contributed by atoms with Crippen LogP contribution in [0.25, 0.3) is 22.2 Å². The summed E-state index contributed by atoms with van der Waals surface area (Å²) < 4.78 is 7.16. The van der Waals surface area contributed by atoms with Crippen LogP contribution in [0.1, 0.15) is 16.8 Å². The molecular weight excluding hydrogens is 350 g/mol. The van der Waals surface area contributed by atoms with Crippen LogP contribution in [-0.2, 0) is 11.8 Å². The van der Waals surface area contributed by atoms with Crippen molar-refractivity contribution in [3.8, 4) is 11.3 Å². The Bertz CT molecular complexity index is 944. The molecule has 3 aromatic rings. The van der Waals surface area contributed by atoms with Gasteiger partial charge in [0.2, 0.25) is 0 Å². The lowest BCUT2D eigenvalue weighted by atomic mass is 10.0. The summed E-state index contributed by atoms with van der Waals surface area (Å²) in [7, 11) is 1.90. The molecule has 0 saturated carbocycles. The number of aromatic nitrogens is 2. The summed E-state index contributed by atoms with van der Waals surface area (Å²) in [4.78, 5) is 12.3. The van der Waals surface area contributed by atoms with Crippen molar-refractivity contribution >= 4 is 28.4 Å². The molecule has 4 rings (SSSR count). The second-order valence-corrected chi connectivity index (χ2v) is 7.03. The Morgan fingerprint density at radius 1 is 1.31 bits per heavy atom. The van der Waals surface area contributed by atoms with E-state index in [9.17, 15) is 4.79 Å². The van der Waals surface area contributed by atoms with E-state index in [1.807, 2.05) is 54.2 Å². The van der Waals surface area contributed by atoms with Gasteiger partial charge in [0.25, 0.3) is 5.91 Å². The summed E-state index contributed by atoms with van der Waals surface area (Å²) >= 11 is 6.38. The van der Waals surface area contributed by atoms with E-state index in [-0.39, 0.29) is 5.91 Å². The van der Waals surface area contributed by atoms with E-state index in [4.69, 9.17) is 16.3 Å². The highest BCUT2D eigenvalue weighted by molar-refractivity contribution is 6.36. The minimum atomic E-state index is -0.0626. The Kier molecular flexibility index (Phi) is 4.66. The third-order valence-electron chi connectivity index (χ3n) is 4.82. The number of nitrogens with zero attached hydrogens (tertiary/aromatic N) is 2. The van der Waals surface area contributed by atoms with E-state index in [1.165, 1.54) is 0 Å². The number of nitrogens with one attached hydrogen (secondary N) is 1. The molecule has 5 nitrogen and oxygen atoms in total. The predicted octanol–water partition coefficient (Wildman–Crippen LogP) is 3.66. The first-order chi connectivity index (χ1) is 12.6. The van der Waals surface area contributed by atoms with Crippen LogP contribution in [0.2, 0.25) is 5.02 Å². The maximum Gasteiger partial charge on any atom is 0.251 e. The van der Waals surface area contributed by atoms with Gasteiger partial charge in [-0.05, 0) is 30.7 Å². The average molecular weight is 370 g/mol. The number of fused-ring (bicyclic) bond motifs is 1. The Morgan fingerprint density at radius 2 is 2.12 bits per heavy atom. The maximum atomic E-state index is 12.3. The number of rotatable bonds is 4. The SMILES string of the molecule is Cn1nc(-c2ccc(C(=O)NCC3CCOC3)cc2)c2c(Cl)cccc21. The van der Waals surface area contributed by atoms with Crippen LogP contribution in [0.15, 0.2) is 42.5 Å². The Balaban J connectivity index is 1.55. The average Bonchev–Trinajstić information content (AvgIpc) is 3.29. The van der Waals surface area contributed by atoms with E-state index in [0.717, 1.165) is 41.8 Å². The maximum absolute atomic E-state index is 12.3. The lowest BCUT2D eigenvalue weighted by Gasteiger charge is -2.09. The molecule has 6 heteroatoms. The highest BCUT2D eigenvalue weighted by Gasteiger charge is 2.17. The molecule has 0 spiro atoms. The van der Waals surface area contributed by atoms with Crippen LogP contribution >= 0.6 is 11.6 Å². The fourth-order valence-electron chi connectivity index (χ4n) is 3.34. The molecule has 1 amide bonds. The molecule has 2 aromatic carbocycles. The normalized spacial score (nSPS) is 16.9. The van der Waals surface area contributed by atoms with Crippen molar-refractivity contribution in [2.75, 3.05) is 19.8 Å². The van der Waals surface area contributed by atoms with Crippen LogP contribution in [0, 0.1) is 5.92 Å². The molecule has 134 valence electrons. The molecule has 1 aliphatic heterocycles. The number of carbonyl (C=O) groups excluding carboxylic acids is 1. The molecule has 0 bridgehead atoms. The van der Waals surface area contributed by atoms with Gasteiger partial charge in [-0.3, -0.25) is 9.48 Å². The van der Waals surface area contributed by atoms with Crippen LogP contribution in [0.4, 0.5) is 0 Å². The zero-order valence-corrected chi connectivity index (χ0v) is 15.3. The molecule has 1 N–H and O–H groups in total. The molecular formula is C20H20ClN3O2. The van der Waals surface area contributed by atoms with Crippen LogP contribution in [0.5, 0.6) is 0 Å². The zero-order valence-electron chi connectivity index (χ0n) is 14.5. The Labute approximate surface area is 156 Å². The third-order valence-corrected chi connectivity index (χ3v) is 5.14. The Hall–Kier alpha value is -2.37. The van der Waals surface area contributed by atoms with Gasteiger partial charge in [0.1, 0.15) is 5.69 Å². The first-order valence-corrected chi connectivity index (χ1v) is 9.09. The van der Waals surface area contributed by atoms with Crippen molar-refractivity contribution in [2.24, 2.45) is 13.0 Å². The molecule has 2 heterocycles. The van der Waals surface area contributed by atoms with Crippen molar-refractivity contribution in [1.82, 2.24) is 15.1 Å². The van der Waals surface area contributed by atoms with E-state index in [1.54, 1.807) is 0 Å². The summed E-state index contributed by atoms with van der Waals surface area (Å²) in [5.41, 5.74) is 3.37. The summed E-state index contributed by atoms with van der Waals surface area (Å²) in [5.74, 6) is 0.354. The van der Waals surface area contributed by atoms with Crippen LogP contribution < -0.4 is 5.32 Å². The summed E-state index contributed by atoms with van der Waals surface area (Å²) in [6.45, 7) is 2.17. The number of carbonyl (C=O) groups is 1. The van der Waals surface area contributed by atoms with Crippen LogP contribution in [0.3, 0.4) is 0 Å². The summed E-state index contributed by atoms with van der Waals surface area (Å²) in [5, 5.41) is 9.18. The van der Waals surface area contributed by atoms with Crippen molar-refractivity contribution in [3.63, 3.8) is 0 Å². The van der Waals surface area contributed by atoms with E-state index < -0.39 is 0 Å². The van der Waals surface area contributed by atoms with Crippen molar-refractivity contribution in [1.29, 1.82) is 0 Å². The standard InChI is InChI=1S/C20H20ClN3O2/c1-24-17-4-2-3-16(21)18(17)19(23-24)14-5-7-15(8-6-14)20(25)22-11-13-9-10-26-12-13/h2-8,13H,9-12H2,1H3,(H,22,25). The molecule has 1 aliphatic rings. The molecule has 26 heavy (non-hydrogen) atoms. The van der Waals surface area contributed by atoms with Gasteiger partial charge in [-0.25, -0.2) is 0 Å². The zero-order chi connectivity index (χ0) is 18.1. The molecule has 1 unspecified atom stereocenters. The number of hydrogen-bond acceptors (Lipinski definition) is 3. The first-order valence-electron chi connectivity index (χ1n) is 8.71. The molecule has 0 aliphatic carbocycles. The van der Waals surface area contributed by atoms with Crippen molar-refractivity contribution < 1.29 is 9.53 Å². The number of hydrogen-bond donors (Lipinski definition) is 1. The highest BCUT2D eigenvalue weighted by atomic mass is 35.5. The largest absolute Gasteiger partial charge is 0.381 e. The number of ether oxygens (including phenoxy) is 1. The van der Waals surface area contributed by atoms with E-state index >= 15 is 0 Å². The molecule has 1 fully saturated rings. The molecule has 0 radical (unpaired) electrons. The molecule has 1 saturated heterocycles. The minimum Gasteiger partial charge on any atom is -0.381 e. The van der Waals surface area contributed by atoms with Gasteiger partial charge in [0.15, 0.2) is 0 Å². The minimum absolute atomic E-state index is 0.0626. The van der Waals surface area contributed by atoms with Gasteiger partial charge in [0.05, 0.1) is 17.1 Å². The third kappa shape index (κ3) is 3.20. The monoisotopic (exact) mass is 369 g/mol. The smallest absolute Gasteiger partial charge is 0.251 e. The van der Waals surface area contributed by atoms with Gasteiger partial charge in [-0.15, -0.1) is 0 Å². The predicted molar refractivity (Wildman–Crippen MR) is 102 cm³/mol. The number of amides is 1. The topological polar surface area (TPSA) is 56.2 Å². The second kappa shape index (κ2) is 7.09. The van der Waals surface area contributed by atoms with Gasteiger partial charge in [0, 0.05) is 42.6 Å². The molecule has 1 aromatic heterocycles. The van der Waals surface area contributed by atoms with Crippen molar-refractivity contribution in [2.45, 2.75) is 6.42 Å². The van der Waals surface area contributed by atoms with Crippen LogP contribution in [-0.4, -0.2) is 35.4 Å². The first kappa shape index (κ1) is 17.1. The second-order valence-electron chi connectivity index (χ2n) is 6.62. The lowest BCUT2D eigenvalue weighted by Crippen LogP contribution is -2.29. The van der Waals surface area contributed by atoms with Gasteiger partial charge in [-0.1, -0.05) is 29.8 Å². The van der Waals surface area contributed by atoms with Crippen molar-refractivity contribution in [3.05, 3.63) is 53.1 Å². The number of aryl methyl sites for hydroxylation is 1. The highest BCUT2D eigenvalue weighted by Crippen LogP contribution is 2.33.